The number of nitrogens with zero attached hydrogens (tertiary/aromatic N) is 1. The van der Waals surface area contributed by atoms with Gasteiger partial charge in [0.05, 0.1) is 0 Å². The van der Waals surface area contributed by atoms with Crippen LogP contribution in [0, 0.1) is 11.8 Å². The molecular formula is C15H30N2. The van der Waals surface area contributed by atoms with Gasteiger partial charge in [-0.25, -0.2) is 0 Å². The minimum absolute atomic E-state index is 0.326. The van der Waals surface area contributed by atoms with Crippen molar-refractivity contribution < 1.29 is 0 Å². The van der Waals surface area contributed by atoms with Crippen LogP contribution in [0.4, 0.5) is 0 Å². The molecule has 0 saturated heterocycles. The third-order valence-electron chi connectivity index (χ3n) is 5.27. The Labute approximate surface area is 107 Å². The van der Waals surface area contributed by atoms with Gasteiger partial charge in [0.25, 0.3) is 0 Å². The van der Waals surface area contributed by atoms with Crippen molar-refractivity contribution in [2.24, 2.45) is 17.6 Å². The summed E-state index contributed by atoms with van der Waals surface area (Å²) in [5.41, 5.74) is 6.48. The summed E-state index contributed by atoms with van der Waals surface area (Å²) in [7, 11) is 2.32. The average Bonchev–Trinajstić information content (AvgIpc) is 3.14. The standard InChI is InChI=1S/C15H30N2/c1-3-13-5-4-9-15(12-16,10-8-13)17(2)11-14-6-7-14/h13-14H,3-12,16H2,1-2H3. The van der Waals surface area contributed by atoms with Crippen LogP contribution in [0.2, 0.25) is 0 Å². The third kappa shape index (κ3) is 3.23. The molecule has 2 rings (SSSR count). The van der Waals surface area contributed by atoms with Gasteiger partial charge in [-0.1, -0.05) is 26.2 Å². The molecule has 0 aromatic heterocycles. The van der Waals surface area contributed by atoms with Crippen LogP contribution in [0.3, 0.4) is 0 Å². The van der Waals surface area contributed by atoms with E-state index in [0.717, 1.165) is 18.4 Å². The fourth-order valence-electron chi connectivity index (χ4n) is 3.49. The van der Waals surface area contributed by atoms with Crippen LogP contribution in [-0.4, -0.2) is 30.6 Å². The Morgan fingerprint density at radius 1 is 1.12 bits per heavy atom. The molecule has 17 heavy (non-hydrogen) atoms. The topological polar surface area (TPSA) is 29.3 Å². The minimum atomic E-state index is 0.326. The fraction of sp³-hybridized carbons (Fsp3) is 1.00. The predicted octanol–water partition coefficient (Wildman–Crippen LogP) is 3.02. The lowest BCUT2D eigenvalue weighted by molar-refractivity contribution is 0.101. The van der Waals surface area contributed by atoms with Crippen LogP contribution < -0.4 is 5.73 Å². The van der Waals surface area contributed by atoms with Crippen molar-refractivity contribution in [1.29, 1.82) is 0 Å². The first kappa shape index (κ1) is 13.4. The quantitative estimate of drug-likeness (QED) is 0.746. The van der Waals surface area contributed by atoms with E-state index in [9.17, 15) is 0 Å². The Morgan fingerprint density at radius 2 is 1.88 bits per heavy atom. The van der Waals surface area contributed by atoms with Crippen molar-refractivity contribution >= 4 is 0 Å². The molecule has 0 aromatic carbocycles. The maximum atomic E-state index is 6.15. The molecule has 0 aliphatic heterocycles. The predicted molar refractivity (Wildman–Crippen MR) is 74.0 cm³/mol. The van der Waals surface area contributed by atoms with Crippen molar-refractivity contribution in [3.8, 4) is 0 Å². The summed E-state index contributed by atoms with van der Waals surface area (Å²) >= 11 is 0. The molecule has 0 bridgehead atoms. The van der Waals surface area contributed by atoms with E-state index in [4.69, 9.17) is 5.73 Å². The normalized spacial score (nSPS) is 34.9. The summed E-state index contributed by atoms with van der Waals surface area (Å²) in [5, 5.41) is 0. The van der Waals surface area contributed by atoms with Crippen molar-refractivity contribution in [3.05, 3.63) is 0 Å². The number of hydrogen-bond acceptors (Lipinski definition) is 2. The van der Waals surface area contributed by atoms with Crippen LogP contribution in [0.25, 0.3) is 0 Å². The summed E-state index contributed by atoms with van der Waals surface area (Å²) in [5.74, 6) is 1.94. The molecule has 0 radical (unpaired) electrons. The van der Waals surface area contributed by atoms with E-state index in [1.54, 1.807) is 0 Å². The van der Waals surface area contributed by atoms with E-state index in [2.05, 4.69) is 18.9 Å². The van der Waals surface area contributed by atoms with Crippen LogP contribution in [0.5, 0.6) is 0 Å². The van der Waals surface area contributed by atoms with Gasteiger partial charge in [0.2, 0.25) is 0 Å². The lowest BCUT2D eigenvalue weighted by Gasteiger charge is -2.41. The molecule has 2 N–H and O–H groups in total. The minimum Gasteiger partial charge on any atom is -0.329 e. The number of rotatable bonds is 5. The number of hydrogen-bond donors (Lipinski definition) is 1. The molecule has 2 aliphatic rings. The molecule has 0 aromatic rings. The van der Waals surface area contributed by atoms with Crippen LogP contribution in [-0.2, 0) is 0 Å². The van der Waals surface area contributed by atoms with Crippen molar-refractivity contribution in [2.75, 3.05) is 20.1 Å². The van der Waals surface area contributed by atoms with Gasteiger partial charge in [-0.2, -0.15) is 0 Å². The first-order valence-corrected chi connectivity index (χ1v) is 7.61. The molecule has 2 fully saturated rings. The largest absolute Gasteiger partial charge is 0.329 e. The number of nitrogens with two attached hydrogens (primary N) is 1. The van der Waals surface area contributed by atoms with E-state index in [1.165, 1.54) is 57.9 Å². The Bertz CT molecular complexity index is 237. The maximum absolute atomic E-state index is 6.15. The summed E-state index contributed by atoms with van der Waals surface area (Å²) in [6.45, 7) is 4.48. The van der Waals surface area contributed by atoms with E-state index in [-0.39, 0.29) is 0 Å². The first-order valence-electron chi connectivity index (χ1n) is 7.61. The zero-order valence-corrected chi connectivity index (χ0v) is 11.8. The molecule has 2 nitrogen and oxygen atoms in total. The SMILES string of the molecule is CCC1CCCC(CN)(N(C)CC2CC2)CC1. The van der Waals surface area contributed by atoms with E-state index < -0.39 is 0 Å². The monoisotopic (exact) mass is 238 g/mol. The summed E-state index contributed by atoms with van der Waals surface area (Å²) in [6.07, 6.45) is 11.1. The summed E-state index contributed by atoms with van der Waals surface area (Å²) in [4.78, 5) is 2.61. The highest BCUT2D eigenvalue weighted by atomic mass is 15.2. The highest BCUT2D eigenvalue weighted by Crippen LogP contribution is 2.37. The highest BCUT2D eigenvalue weighted by molar-refractivity contribution is 4.94. The van der Waals surface area contributed by atoms with Gasteiger partial charge in [-0.3, -0.25) is 4.90 Å². The molecule has 0 amide bonds. The van der Waals surface area contributed by atoms with Gasteiger partial charge >= 0.3 is 0 Å². The molecule has 100 valence electrons. The molecule has 2 unspecified atom stereocenters. The lowest BCUT2D eigenvalue weighted by Crippen LogP contribution is -2.52. The molecule has 2 aliphatic carbocycles. The second kappa shape index (κ2) is 5.71. The molecule has 2 saturated carbocycles. The highest BCUT2D eigenvalue weighted by Gasteiger charge is 2.37. The van der Waals surface area contributed by atoms with Crippen LogP contribution >= 0.6 is 0 Å². The average molecular weight is 238 g/mol. The van der Waals surface area contributed by atoms with Gasteiger partial charge < -0.3 is 5.73 Å². The molecule has 0 spiro atoms. The second-order valence-electron chi connectivity index (χ2n) is 6.46. The fourth-order valence-corrected chi connectivity index (χ4v) is 3.49. The Morgan fingerprint density at radius 3 is 2.47 bits per heavy atom. The van der Waals surface area contributed by atoms with Gasteiger partial charge in [-0.05, 0) is 51.0 Å². The molecule has 2 heteroatoms. The van der Waals surface area contributed by atoms with Crippen LogP contribution in [0.15, 0.2) is 0 Å². The summed E-state index contributed by atoms with van der Waals surface area (Å²) < 4.78 is 0. The molecular weight excluding hydrogens is 208 g/mol. The van der Waals surface area contributed by atoms with Crippen molar-refractivity contribution in [3.63, 3.8) is 0 Å². The summed E-state index contributed by atoms with van der Waals surface area (Å²) in [6, 6.07) is 0. The first-order chi connectivity index (χ1) is 8.20. The molecule has 0 heterocycles. The van der Waals surface area contributed by atoms with Gasteiger partial charge in [-0.15, -0.1) is 0 Å². The Hall–Kier alpha value is -0.0800. The van der Waals surface area contributed by atoms with E-state index in [1.807, 2.05) is 0 Å². The smallest absolute Gasteiger partial charge is 0.0328 e. The molecule has 2 atom stereocenters. The maximum Gasteiger partial charge on any atom is 0.0328 e. The van der Waals surface area contributed by atoms with E-state index >= 15 is 0 Å². The Balaban J connectivity index is 1.96. The Kier molecular flexibility index (Phi) is 4.48. The van der Waals surface area contributed by atoms with Gasteiger partial charge in [0, 0.05) is 18.6 Å². The third-order valence-corrected chi connectivity index (χ3v) is 5.27. The number of likely N-dealkylation sites (N-methyl/N-ethyl adjacent to an activating group) is 1. The zero-order valence-electron chi connectivity index (χ0n) is 11.8. The van der Waals surface area contributed by atoms with Crippen molar-refractivity contribution in [2.45, 2.75) is 63.8 Å². The zero-order chi connectivity index (χ0) is 12.3. The lowest BCUT2D eigenvalue weighted by atomic mass is 9.87. The van der Waals surface area contributed by atoms with E-state index in [0.29, 0.717) is 5.54 Å². The van der Waals surface area contributed by atoms with Gasteiger partial charge in [0.1, 0.15) is 0 Å². The van der Waals surface area contributed by atoms with Crippen molar-refractivity contribution in [1.82, 2.24) is 4.90 Å². The van der Waals surface area contributed by atoms with Crippen LogP contribution in [0.1, 0.15) is 58.3 Å². The second-order valence-corrected chi connectivity index (χ2v) is 6.46. The van der Waals surface area contributed by atoms with Gasteiger partial charge in [0.15, 0.2) is 0 Å².